The zero-order valence-electron chi connectivity index (χ0n) is 19.5. The number of H-pyrrole nitrogens is 1. The summed E-state index contributed by atoms with van der Waals surface area (Å²) in [6.07, 6.45) is 3.85. The summed E-state index contributed by atoms with van der Waals surface area (Å²) in [5, 5.41) is 37.4. The van der Waals surface area contributed by atoms with E-state index in [1.807, 2.05) is 26.0 Å². The fourth-order valence-electron chi connectivity index (χ4n) is 7.59. The number of rotatable bonds is 2. The third kappa shape index (κ3) is 2.35. The second-order valence-electron chi connectivity index (χ2n) is 11.1. The van der Waals surface area contributed by atoms with E-state index >= 15 is 0 Å². The molecule has 0 spiro atoms. The van der Waals surface area contributed by atoms with Gasteiger partial charge < -0.3 is 15.3 Å². The predicted octanol–water partition coefficient (Wildman–Crippen LogP) is 2.11. The smallest absolute Gasteiger partial charge is 0.276 e. The highest BCUT2D eigenvalue weighted by Gasteiger charge is 2.68. The Bertz CT molecular complexity index is 1420. The van der Waals surface area contributed by atoms with E-state index < -0.39 is 11.0 Å². The van der Waals surface area contributed by atoms with Gasteiger partial charge in [-0.2, -0.15) is 0 Å². The Morgan fingerprint density at radius 1 is 1.26 bits per heavy atom. The molecule has 34 heavy (non-hydrogen) atoms. The summed E-state index contributed by atoms with van der Waals surface area (Å²) in [5.74, 6) is 0.0481. The van der Waals surface area contributed by atoms with Gasteiger partial charge in [-0.1, -0.05) is 13.0 Å². The molecular formula is C26H30N4O4. The molecule has 1 saturated carbocycles. The van der Waals surface area contributed by atoms with Gasteiger partial charge in [-0.3, -0.25) is 14.8 Å². The Morgan fingerprint density at radius 3 is 2.82 bits per heavy atom. The number of aromatic amines is 1. The minimum atomic E-state index is -1.26. The molecule has 4 aliphatic rings. The first kappa shape index (κ1) is 20.5. The van der Waals surface area contributed by atoms with Crippen molar-refractivity contribution in [2.45, 2.75) is 68.9 Å². The summed E-state index contributed by atoms with van der Waals surface area (Å²) < 4.78 is 1.47. The van der Waals surface area contributed by atoms with Crippen molar-refractivity contribution in [2.75, 3.05) is 13.1 Å². The highest BCUT2D eigenvalue weighted by atomic mass is 16.3. The van der Waals surface area contributed by atoms with Gasteiger partial charge in [0.05, 0.1) is 11.3 Å². The van der Waals surface area contributed by atoms with Crippen LogP contribution in [0.3, 0.4) is 0 Å². The van der Waals surface area contributed by atoms with Gasteiger partial charge in [-0.05, 0) is 56.7 Å². The molecule has 2 aromatic heterocycles. The Labute approximate surface area is 196 Å². The van der Waals surface area contributed by atoms with Gasteiger partial charge in [0.25, 0.3) is 5.56 Å². The molecule has 3 aromatic rings. The van der Waals surface area contributed by atoms with E-state index in [2.05, 4.69) is 10.00 Å². The number of aliphatic hydroxyl groups is 1. The van der Waals surface area contributed by atoms with Crippen molar-refractivity contribution in [1.82, 2.24) is 19.5 Å². The fourth-order valence-corrected chi connectivity index (χ4v) is 7.59. The average Bonchev–Trinajstić information content (AvgIpc) is 3.53. The van der Waals surface area contributed by atoms with Gasteiger partial charge in [0.1, 0.15) is 0 Å². The maximum absolute atomic E-state index is 13.6. The van der Waals surface area contributed by atoms with Crippen LogP contribution in [0.25, 0.3) is 5.65 Å². The molecule has 8 heteroatoms. The summed E-state index contributed by atoms with van der Waals surface area (Å²) in [6, 6.07) is 5.13. The standard InChI is InChI=1S/C26H30N4O4/c1-13-9-20-27-22-14(2)25-7-8-29(12-15-3-4-15)19(10-16-5-6-18(31)23(32)21(16)25)26(25,34)11-17(22)24(33)30(20)28-13/h5-6,9,14-15,19,28,31-32,34H,3-4,7-8,10-12H2,1-2H3/t14-,19+,25+,26+/m0/s1. The molecule has 3 heterocycles. The number of nitrogens with one attached hydrogen (secondary N) is 1. The zero-order valence-corrected chi connectivity index (χ0v) is 19.5. The number of hydrogen-bond acceptors (Lipinski definition) is 6. The average molecular weight is 463 g/mol. The second kappa shape index (κ2) is 6.43. The second-order valence-corrected chi connectivity index (χ2v) is 11.1. The molecule has 0 radical (unpaired) electrons. The van der Waals surface area contributed by atoms with E-state index in [0.717, 1.165) is 24.3 Å². The first-order valence-corrected chi connectivity index (χ1v) is 12.4. The minimum absolute atomic E-state index is 0.143. The van der Waals surface area contributed by atoms with Crippen LogP contribution in [-0.2, 0) is 18.3 Å². The number of benzene rings is 1. The number of nitrogens with zero attached hydrogens (tertiary/aromatic N) is 3. The number of aromatic nitrogens is 3. The third-order valence-corrected chi connectivity index (χ3v) is 9.31. The Morgan fingerprint density at radius 2 is 2.06 bits per heavy atom. The molecule has 4 atom stereocenters. The summed E-state index contributed by atoms with van der Waals surface area (Å²) in [5.41, 5.74) is 1.99. The van der Waals surface area contributed by atoms with Crippen molar-refractivity contribution in [3.05, 3.63) is 56.6 Å². The monoisotopic (exact) mass is 462 g/mol. The Balaban J connectivity index is 1.52. The minimum Gasteiger partial charge on any atom is -0.504 e. The van der Waals surface area contributed by atoms with Crippen molar-refractivity contribution in [2.24, 2.45) is 5.92 Å². The highest BCUT2D eigenvalue weighted by molar-refractivity contribution is 5.61. The van der Waals surface area contributed by atoms with Crippen LogP contribution >= 0.6 is 0 Å². The van der Waals surface area contributed by atoms with Gasteiger partial charge in [0.2, 0.25) is 0 Å². The predicted molar refractivity (Wildman–Crippen MR) is 125 cm³/mol. The molecule has 2 fully saturated rings. The van der Waals surface area contributed by atoms with E-state index in [9.17, 15) is 20.1 Å². The van der Waals surface area contributed by atoms with Crippen LogP contribution in [0.5, 0.6) is 11.5 Å². The summed E-state index contributed by atoms with van der Waals surface area (Å²) >= 11 is 0. The van der Waals surface area contributed by atoms with E-state index in [4.69, 9.17) is 4.98 Å². The van der Waals surface area contributed by atoms with Gasteiger partial charge >= 0.3 is 0 Å². The highest BCUT2D eigenvalue weighted by Crippen LogP contribution is 2.63. The lowest BCUT2D eigenvalue weighted by atomic mass is 9.46. The van der Waals surface area contributed by atoms with Crippen molar-refractivity contribution in [1.29, 1.82) is 0 Å². The van der Waals surface area contributed by atoms with Crippen LogP contribution in [0, 0.1) is 12.8 Å². The van der Waals surface area contributed by atoms with Crippen LogP contribution in [0.4, 0.5) is 0 Å². The van der Waals surface area contributed by atoms with Crippen molar-refractivity contribution < 1.29 is 15.3 Å². The van der Waals surface area contributed by atoms with E-state index in [1.165, 1.54) is 17.4 Å². The van der Waals surface area contributed by atoms with Crippen LogP contribution in [0.15, 0.2) is 23.0 Å². The van der Waals surface area contributed by atoms with Gasteiger partial charge in [0.15, 0.2) is 17.1 Å². The lowest BCUT2D eigenvalue weighted by molar-refractivity contribution is -0.160. The Kier molecular flexibility index (Phi) is 3.88. The number of likely N-dealkylation sites (tertiary alicyclic amines) is 1. The number of phenols is 2. The summed E-state index contributed by atoms with van der Waals surface area (Å²) in [4.78, 5) is 20.9. The molecule has 178 valence electrons. The molecule has 0 amide bonds. The molecule has 3 aliphatic carbocycles. The maximum Gasteiger partial charge on any atom is 0.276 e. The van der Waals surface area contributed by atoms with E-state index in [1.54, 1.807) is 6.07 Å². The molecule has 8 nitrogen and oxygen atoms in total. The van der Waals surface area contributed by atoms with Crippen molar-refractivity contribution in [3.8, 4) is 11.5 Å². The molecule has 1 aromatic carbocycles. The first-order valence-electron chi connectivity index (χ1n) is 12.4. The maximum atomic E-state index is 13.6. The summed E-state index contributed by atoms with van der Waals surface area (Å²) in [6.45, 7) is 5.68. The molecule has 7 rings (SSSR count). The van der Waals surface area contributed by atoms with Crippen molar-refractivity contribution >= 4 is 5.65 Å². The Hall–Kier alpha value is -2.84. The van der Waals surface area contributed by atoms with E-state index in [0.29, 0.717) is 41.2 Å². The van der Waals surface area contributed by atoms with E-state index in [-0.39, 0.29) is 35.4 Å². The van der Waals surface area contributed by atoms with Crippen LogP contribution < -0.4 is 5.56 Å². The fraction of sp³-hybridized carbons (Fsp3) is 0.538. The van der Waals surface area contributed by atoms with Crippen LogP contribution in [0.2, 0.25) is 0 Å². The molecule has 2 bridgehead atoms. The molecule has 1 aliphatic heterocycles. The molecule has 0 unspecified atom stereocenters. The molecule has 4 N–H and O–H groups in total. The summed E-state index contributed by atoms with van der Waals surface area (Å²) in [7, 11) is 0. The number of phenolic OH excluding ortho intramolecular Hbond substituents is 2. The van der Waals surface area contributed by atoms with Gasteiger partial charge in [-0.25, -0.2) is 9.50 Å². The van der Waals surface area contributed by atoms with Gasteiger partial charge in [-0.15, -0.1) is 0 Å². The third-order valence-electron chi connectivity index (χ3n) is 9.31. The SMILES string of the molecule is Cc1cc2nc3c(c(=O)n2[nH]1)C[C@@]1(O)[C@H]2Cc4ccc(O)c(O)c4[C@@]1(CCN2CC1CC1)[C@H]3C. The number of hydrogen-bond donors (Lipinski definition) is 4. The number of aryl methyl sites for hydroxylation is 1. The first-order chi connectivity index (χ1) is 16.2. The molecule has 1 saturated heterocycles. The number of piperidine rings is 1. The quantitative estimate of drug-likeness (QED) is 0.434. The molecular weight excluding hydrogens is 432 g/mol. The normalized spacial score (nSPS) is 32.3. The zero-order chi connectivity index (χ0) is 23.6. The number of fused-ring (bicyclic) bond motifs is 3. The van der Waals surface area contributed by atoms with Crippen LogP contribution in [0.1, 0.15) is 60.2 Å². The lowest BCUT2D eigenvalue weighted by Gasteiger charge is -2.65. The largest absolute Gasteiger partial charge is 0.504 e. The van der Waals surface area contributed by atoms with Gasteiger partial charge in [0, 0.05) is 53.2 Å². The lowest BCUT2D eigenvalue weighted by Crippen LogP contribution is -2.75. The van der Waals surface area contributed by atoms with Crippen molar-refractivity contribution in [3.63, 3.8) is 0 Å². The topological polar surface area (TPSA) is 114 Å². The number of aromatic hydroxyl groups is 2. The van der Waals surface area contributed by atoms with Crippen LogP contribution in [-0.4, -0.2) is 59.5 Å².